The van der Waals surface area contributed by atoms with Crippen LogP contribution in [-0.4, -0.2) is 15.9 Å². The molecule has 17 heavy (non-hydrogen) atoms. The molecule has 1 heterocycles. The molecule has 0 aromatic carbocycles. The lowest BCUT2D eigenvalue weighted by Gasteiger charge is -2.19. The Kier molecular flexibility index (Phi) is 4.29. The van der Waals surface area contributed by atoms with E-state index in [1.807, 2.05) is 34.6 Å². The molecular weight excluding hydrogens is 331 g/mol. The van der Waals surface area contributed by atoms with Crippen LogP contribution >= 0.6 is 22.6 Å². The topological polar surface area (TPSA) is 66.9 Å². The quantitative estimate of drug-likeness (QED) is 0.635. The average Bonchev–Trinajstić information content (AvgIpc) is 2.19. The number of carbonyl (C=O) groups excluding carboxylic acids is 1. The lowest BCUT2D eigenvalue weighted by atomic mass is 9.96. The zero-order valence-electron chi connectivity index (χ0n) is 10.7. The third-order valence-corrected chi connectivity index (χ3v) is 3.40. The highest BCUT2D eigenvalue weighted by Gasteiger charge is 2.21. The van der Waals surface area contributed by atoms with Crippen LogP contribution in [-0.2, 0) is 4.79 Å². The molecule has 2 N–H and O–H groups in total. The highest BCUT2D eigenvalue weighted by Crippen LogP contribution is 2.18. The molecular formula is C11H17IN4O. The van der Waals surface area contributed by atoms with Crippen molar-refractivity contribution < 1.29 is 4.79 Å². The summed E-state index contributed by atoms with van der Waals surface area (Å²) in [4.78, 5) is 20.2. The predicted octanol–water partition coefficient (Wildman–Crippen LogP) is 2.19. The number of aromatic nitrogens is 2. The van der Waals surface area contributed by atoms with Gasteiger partial charge in [0.1, 0.15) is 5.82 Å². The highest BCUT2D eigenvalue weighted by atomic mass is 127. The van der Waals surface area contributed by atoms with E-state index in [-0.39, 0.29) is 5.91 Å². The van der Waals surface area contributed by atoms with Gasteiger partial charge in [0, 0.05) is 5.41 Å². The Balaban J connectivity index is 2.80. The second-order valence-electron chi connectivity index (χ2n) is 4.85. The van der Waals surface area contributed by atoms with Crippen molar-refractivity contribution in [3.05, 3.63) is 15.1 Å². The summed E-state index contributed by atoms with van der Waals surface area (Å²) in [6.07, 6.45) is 0. The van der Waals surface area contributed by atoms with Gasteiger partial charge >= 0.3 is 0 Å². The minimum Gasteiger partial charge on any atom is -0.281 e. The molecule has 0 spiro atoms. The van der Waals surface area contributed by atoms with Crippen LogP contribution < -0.4 is 10.9 Å². The molecule has 94 valence electrons. The maximum Gasteiger partial charge on any atom is 0.243 e. The molecule has 5 nitrogen and oxygen atoms in total. The van der Waals surface area contributed by atoms with Gasteiger partial charge in [0.15, 0.2) is 5.82 Å². The van der Waals surface area contributed by atoms with E-state index in [9.17, 15) is 4.79 Å². The number of nitrogens with one attached hydrogen (secondary N) is 2. The fourth-order valence-corrected chi connectivity index (χ4v) is 1.46. The van der Waals surface area contributed by atoms with Gasteiger partial charge in [-0.1, -0.05) is 20.8 Å². The van der Waals surface area contributed by atoms with Crippen molar-refractivity contribution >= 4 is 34.3 Å². The average molecular weight is 348 g/mol. The predicted molar refractivity (Wildman–Crippen MR) is 75.4 cm³/mol. The minimum atomic E-state index is -0.435. The molecule has 0 unspecified atom stereocenters. The Morgan fingerprint density at radius 1 is 1.24 bits per heavy atom. The first kappa shape index (κ1) is 14.1. The molecule has 6 heteroatoms. The Bertz CT molecular complexity index is 440. The van der Waals surface area contributed by atoms with E-state index in [1.54, 1.807) is 0 Å². The molecule has 0 saturated carbocycles. The van der Waals surface area contributed by atoms with Crippen LogP contribution in [0.5, 0.6) is 0 Å². The Morgan fingerprint density at radius 3 is 2.35 bits per heavy atom. The van der Waals surface area contributed by atoms with Crippen LogP contribution in [0.1, 0.15) is 32.3 Å². The molecule has 0 atom stereocenters. The number of amides is 1. The van der Waals surface area contributed by atoms with Crippen LogP contribution in [0.2, 0.25) is 0 Å². The van der Waals surface area contributed by atoms with Gasteiger partial charge in [0.25, 0.3) is 0 Å². The zero-order chi connectivity index (χ0) is 13.2. The Morgan fingerprint density at radius 2 is 1.82 bits per heavy atom. The van der Waals surface area contributed by atoms with E-state index >= 15 is 0 Å². The second kappa shape index (κ2) is 5.16. The smallest absolute Gasteiger partial charge is 0.243 e. The van der Waals surface area contributed by atoms with Crippen LogP contribution in [0.25, 0.3) is 0 Å². The van der Waals surface area contributed by atoms with Crippen molar-refractivity contribution in [2.24, 2.45) is 5.41 Å². The lowest BCUT2D eigenvalue weighted by molar-refractivity contribution is -0.127. The summed E-state index contributed by atoms with van der Waals surface area (Å²) in [6, 6.07) is 0. The summed E-state index contributed by atoms with van der Waals surface area (Å²) in [7, 11) is 0. The Labute approximate surface area is 115 Å². The van der Waals surface area contributed by atoms with Crippen molar-refractivity contribution in [1.82, 2.24) is 15.4 Å². The first-order valence-corrected chi connectivity index (χ1v) is 6.37. The summed E-state index contributed by atoms with van der Waals surface area (Å²) in [5.74, 6) is 1.23. The number of hydrazine groups is 1. The number of aryl methyl sites for hydroxylation is 2. The molecule has 0 aliphatic rings. The number of halogens is 1. The third kappa shape index (κ3) is 3.79. The van der Waals surface area contributed by atoms with E-state index in [4.69, 9.17) is 0 Å². The molecule has 0 aliphatic heterocycles. The molecule has 1 rings (SSSR count). The van der Waals surface area contributed by atoms with E-state index in [1.165, 1.54) is 0 Å². The maximum absolute atomic E-state index is 11.7. The van der Waals surface area contributed by atoms with E-state index in [2.05, 4.69) is 43.4 Å². The first-order chi connectivity index (χ1) is 7.71. The number of hydrogen-bond acceptors (Lipinski definition) is 4. The van der Waals surface area contributed by atoms with Gasteiger partial charge in [-0.05, 0) is 36.4 Å². The number of carbonyl (C=O) groups is 1. The monoisotopic (exact) mass is 348 g/mol. The summed E-state index contributed by atoms with van der Waals surface area (Å²) in [5.41, 5.74) is 5.95. The lowest BCUT2D eigenvalue weighted by Crippen LogP contribution is -2.39. The standard InChI is InChI=1S/C11H17IN4O/c1-6-8(12)9(14-7(2)13-6)15-16-10(17)11(3,4)5/h1-5H3,(H,16,17)(H,13,14,15). The van der Waals surface area contributed by atoms with Crippen LogP contribution in [0, 0.1) is 22.8 Å². The summed E-state index contributed by atoms with van der Waals surface area (Å²) in [5, 5.41) is 0. The molecule has 1 aromatic rings. The third-order valence-electron chi connectivity index (χ3n) is 2.10. The zero-order valence-corrected chi connectivity index (χ0v) is 12.8. The number of nitrogens with zero attached hydrogens (tertiary/aromatic N) is 2. The van der Waals surface area contributed by atoms with Gasteiger partial charge < -0.3 is 0 Å². The maximum atomic E-state index is 11.7. The van der Waals surface area contributed by atoms with Crippen molar-refractivity contribution in [3.8, 4) is 0 Å². The van der Waals surface area contributed by atoms with Crippen LogP contribution in [0.3, 0.4) is 0 Å². The Hall–Kier alpha value is -0.920. The van der Waals surface area contributed by atoms with Gasteiger partial charge in [0.2, 0.25) is 5.91 Å². The van der Waals surface area contributed by atoms with Gasteiger partial charge in [-0.2, -0.15) is 0 Å². The number of anilines is 1. The summed E-state index contributed by atoms with van der Waals surface area (Å²) in [6.45, 7) is 9.29. The van der Waals surface area contributed by atoms with Crippen molar-refractivity contribution in [1.29, 1.82) is 0 Å². The summed E-state index contributed by atoms with van der Waals surface area (Å²) < 4.78 is 0.905. The highest BCUT2D eigenvalue weighted by molar-refractivity contribution is 14.1. The van der Waals surface area contributed by atoms with Gasteiger partial charge in [-0.25, -0.2) is 9.97 Å². The molecule has 1 amide bonds. The number of rotatable bonds is 2. The van der Waals surface area contributed by atoms with Crippen LogP contribution in [0.15, 0.2) is 0 Å². The fourth-order valence-electron chi connectivity index (χ4n) is 1.09. The second-order valence-corrected chi connectivity index (χ2v) is 5.93. The van der Waals surface area contributed by atoms with Gasteiger partial charge in [0.05, 0.1) is 9.26 Å². The SMILES string of the molecule is Cc1nc(C)c(I)c(NNC(=O)C(C)(C)C)n1. The summed E-state index contributed by atoms with van der Waals surface area (Å²) >= 11 is 2.15. The fraction of sp³-hybridized carbons (Fsp3) is 0.545. The molecule has 0 bridgehead atoms. The van der Waals surface area contributed by atoms with E-state index in [0.717, 1.165) is 9.26 Å². The van der Waals surface area contributed by atoms with Crippen LogP contribution in [0.4, 0.5) is 5.82 Å². The first-order valence-electron chi connectivity index (χ1n) is 5.29. The minimum absolute atomic E-state index is 0.0813. The van der Waals surface area contributed by atoms with E-state index < -0.39 is 5.41 Å². The molecule has 0 fully saturated rings. The molecule has 0 radical (unpaired) electrons. The normalized spacial score (nSPS) is 11.2. The van der Waals surface area contributed by atoms with Crippen molar-refractivity contribution in [3.63, 3.8) is 0 Å². The van der Waals surface area contributed by atoms with Gasteiger partial charge in [-0.3, -0.25) is 15.6 Å². The van der Waals surface area contributed by atoms with E-state index in [0.29, 0.717) is 11.6 Å². The molecule has 0 saturated heterocycles. The molecule has 0 aliphatic carbocycles. The van der Waals surface area contributed by atoms with Gasteiger partial charge in [-0.15, -0.1) is 0 Å². The largest absolute Gasteiger partial charge is 0.281 e. The van der Waals surface area contributed by atoms with Crippen molar-refractivity contribution in [2.75, 3.05) is 5.43 Å². The van der Waals surface area contributed by atoms with Crippen molar-refractivity contribution in [2.45, 2.75) is 34.6 Å². The number of hydrogen-bond donors (Lipinski definition) is 2. The molecule has 1 aromatic heterocycles.